The molecule has 1 aliphatic heterocycles. The van der Waals surface area contributed by atoms with Gasteiger partial charge >= 0.3 is 0 Å². The van der Waals surface area contributed by atoms with Crippen molar-refractivity contribution in [1.29, 1.82) is 0 Å². The summed E-state index contributed by atoms with van der Waals surface area (Å²) < 4.78 is 35.7. The molecular weight excluding hydrogens is 402 g/mol. The number of sulfonamides is 1. The van der Waals surface area contributed by atoms with Crippen molar-refractivity contribution in [1.82, 2.24) is 4.98 Å². The zero-order chi connectivity index (χ0) is 19.7. The number of nitrogens with zero attached hydrogens (tertiary/aromatic N) is 1. The van der Waals surface area contributed by atoms with Crippen molar-refractivity contribution < 1.29 is 22.7 Å². The van der Waals surface area contributed by atoms with Crippen LogP contribution >= 0.6 is 11.3 Å². The Morgan fingerprint density at radius 3 is 2.79 bits per heavy atom. The van der Waals surface area contributed by atoms with Gasteiger partial charge in [-0.2, -0.15) is 0 Å². The van der Waals surface area contributed by atoms with E-state index in [-0.39, 0.29) is 12.7 Å². The third-order valence-electron chi connectivity index (χ3n) is 3.82. The molecule has 0 aliphatic carbocycles. The van der Waals surface area contributed by atoms with E-state index in [0.29, 0.717) is 33.6 Å². The summed E-state index contributed by atoms with van der Waals surface area (Å²) in [6.45, 7) is 0.199. The van der Waals surface area contributed by atoms with Gasteiger partial charge in [-0.25, -0.2) is 13.4 Å². The SMILES string of the molecule is CS(=O)(=O)Nc1cccc(C(=O)Nc2nc(-c3ccc4c(c3)OCO4)cs2)c1. The van der Waals surface area contributed by atoms with Crippen LogP contribution in [0.5, 0.6) is 11.5 Å². The maximum atomic E-state index is 12.5. The van der Waals surface area contributed by atoms with Crippen LogP contribution in [0, 0.1) is 0 Å². The van der Waals surface area contributed by atoms with Gasteiger partial charge in [-0.1, -0.05) is 6.07 Å². The molecule has 28 heavy (non-hydrogen) atoms. The van der Waals surface area contributed by atoms with E-state index in [2.05, 4.69) is 15.0 Å². The van der Waals surface area contributed by atoms with E-state index in [0.717, 1.165) is 11.8 Å². The molecule has 0 spiro atoms. The maximum Gasteiger partial charge on any atom is 0.257 e. The minimum absolute atomic E-state index is 0.199. The number of nitrogens with one attached hydrogen (secondary N) is 2. The average Bonchev–Trinajstić information content (AvgIpc) is 3.28. The van der Waals surface area contributed by atoms with Gasteiger partial charge < -0.3 is 9.47 Å². The number of fused-ring (bicyclic) bond motifs is 1. The number of carbonyl (C=O) groups excluding carboxylic acids is 1. The van der Waals surface area contributed by atoms with Crippen molar-refractivity contribution in [3.05, 3.63) is 53.4 Å². The van der Waals surface area contributed by atoms with Crippen LogP contribution < -0.4 is 19.5 Å². The highest BCUT2D eigenvalue weighted by Crippen LogP contribution is 2.36. The molecular formula is C18H15N3O5S2. The smallest absolute Gasteiger partial charge is 0.257 e. The molecule has 0 unspecified atom stereocenters. The number of thiazole rings is 1. The predicted octanol–water partition coefficient (Wildman–Crippen LogP) is 3.16. The van der Waals surface area contributed by atoms with Gasteiger partial charge in [-0.3, -0.25) is 14.8 Å². The fraction of sp³-hybridized carbons (Fsp3) is 0.111. The van der Waals surface area contributed by atoms with Gasteiger partial charge in [0.1, 0.15) is 0 Å². The van der Waals surface area contributed by atoms with Crippen LogP contribution in [0.25, 0.3) is 11.3 Å². The quantitative estimate of drug-likeness (QED) is 0.660. The lowest BCUT2D eigenvalue weighted by Gasteiger charge is -2.06. The summed E-state index contributed by atoms with van der Waals surface area (Å²) in [7, 11) is -3.42. The molecule has 10 heteroatoms. The molecule has 8 nitrogen and oxygen atoms in total. The van der Waals surface area contributed by atoms with Crippen LogP contribution in [0.15, 0.2) is 47.8 Å². The molecule has 1 aromatic heterocycles. The molecule has 0 saturated heterocycles. The van der Waals surface area contributed by atoms with Crippen LogP contribution in [0.1, 0.15) is 10.4 Å². The Bertz CT molecular complexity index is 1160. The van der Waals surface area contributed by atoms with Gasteiger partial charge in [-0.15, -0.1) is 11.3 Å². The van der Waals surface area contributed by atoms with Crippen LogP contribution in [0.3, 0.4) is 0 Å². The summed E-state index contributed by atoms with van der Waals surface area (Å²) in [6, 6.07) is 11.7. The molecule has 0 fully saturated rings. The summed E-state index contributed by atoms with van der Waals surface area (Å²) >= 11 is 1.29. The van der Waals surface area contributed by atoms with Gasteiger partial charge in [0.05, 0.1) is 11.9 Å². The van der Waals surface area contributed by atoms with Crippen molar-refractivity contribution >= 4 is 38.1 Å². The molecule has 144 valence electrons. The highest BCUT2D eigenvalue weighted by molar-refractivity contribution is 7.92. The van der Waals surface area contributed by atoms with E-state index in [1.165, 1.54) is 17.4 Å². The summed E-state index contributed by atoms with van der Waals surface area (Å²) in [5.41, 5.74) is 2.18. The van der Waals surface area contributed by atoms with Gasteiger partial charge in [0.15, 0.2) is 16.6 Å². The van der Waals surface area contributed by atoms with Crippen molar-refractivity contribution in [2.24, 2.45) is 0 Å². The Morgan fingerprint density at radius 1 is 1.14 bits per heavy atom. The van der Waals surface area contributed by atoms with Crippen LogP contribution in [0.4, 0.5) is 10.8 Å². The standard InChI is InChI=1S/C18H15N3O5S2/c1-28(23,24)21-13-4-2-3-12(7-13)17(22)20-18-19-14(9-27-18)11-5-6-15-16(8-11)26-10-25-15/h2-9,21H,10H2,1H3,(H,19,20,22). The number of benzene rings is 2. The van der Waals surface area contributed by atoms with Crippen molar-refractivity contribution in [3.8, 4) is 22.8 Å². The second kappa shape index (κ2) is 7.13. The Balaban J connectivity index is 1.50. The van der Waals surface area contributed by atoms with Crippen molar-refractivity contribution in [2.75, 3.05) is 23.1 Å². The molecule has 1 amide bonds. The number of aromatic nitrogens is 1. The van der Waals surface area contributed by atoms with Crippen LogP contribution in [-0.2, 0) is 10.0 Å². The zero-order valence-electron chi connectivity index (χ0n) is 14.6. The number of amides is 1. The number of hydrogen-bond donors (Lipinski definition) is 2. The van der Waals surface area contributed by atoms with Crippen LogP contribution in [0.2, 0.25) is 0 Å². The largest absolute Gasteiger partial charge is 0.454 e. The van der Waals surface area contributed by atoms with Gasteiger partial charge in [0, 0.05) is 22.2 Å². The van der Waals surface area contributed by atoms with E-state index < -0.39 is 10.0 Å². The average molecular weight is 417 g/mol. The fourth-order valence-corrected chi connectivity index (χ4v) is 3.90. The van der Waals surface area contributed by atoms with E-state index in [9.17, 15) is 13.2 Å². The third-order valence-corrected chi connectivity index (χ3v) is 5.19. The number of rotatable bonds is 5. The Morgan fingerprint density at radius 2 is 1.96 bits per heavy atom. The first-order valence-corrected chi connectivity index (χ1v) is 10.9. The van der Waals surface area contributed by atoms with Gasteiger partial charge in [-0.05, 0) is 36.4 Å². The highest BCUT2D eigenvalue weighted by atomic mass is 32.2. The van der Waals surface area contributed by atoms with Crippen LogP contribution in [-0.4, -0.2) is 32.4 Å². The van der Waals surface area contributed by atoms with E-state index in [4.69, 9.17) is 9.47 Å². The van der Waals surface area contributed by atoms with E-state index in [1.54, 1.807) is 18.2 Å². The van der Waals surface area contributed by atoms with E-state index >= 15 is 0 Å². The number of hydrogen-bond acceptors (Lipinski definition) is 7. The lowest BCUT2D eigenvalue weighted by molar-refractivity contribution is 0.102. The lowest BCUT2D eigenvalue weighted by atomic mass is 10.1. The second-order valence-electron chi connectivity index (χ2n) is 6.02. The number of anilines is 2. The predicted molar refractivity (Wildman–Crippen MR) is 107 cm³/mol. The van der Waals surface area contributed by atoms with E-state index in [1.807, 2.05) is 23.6 Å². The molecule has 4 rings (SSSR count). The number of ether oxygens (including phenoxy) is 2. The first kappa shape index (κ1) is 18.3. The molecule has 0 atom stereocenters. The molecule has 3 aromatic rings. The first-order chi connectivity index (χ1) is 13.4. The highest BCUT2D eigenvalue weighted by Gasteiger charge is 2.16. The summed E-state index contributed by atoms with van der Waals surface area (Å²) in [5, 5.41) is 4.98. The molecule has 2 heterocycles. The first-order valence-electron chi connectivity index (χ1n) is 8.12. The minimum Gasteiger partial charge on any atom is -0.454 e. The minimum atomic E-state index is -3.42. The number of carbonyl (C=O) groups is 1. The normalized spacial score (nSPS) is 12.6. The monoisotopic (exact) mass is 417 g/mol. The van der Waals surface area contributed by atoms with Gasteiger partial charge in [0.25, 0.3) is 5.91 Å². The lowest BCUT2D eigenvalue weighted by Crippen LogP contribution is -2.13. The molecule has 0 radical (unpaired) electrons. The zero-order valence-corrected chi connectivity index (χ0v) is 16.3. The molecule has 1 aliphatic rings. The van der Waals surface area contributed by atoms with Gasteiger partial charge in [0.2, 0.25) is 16.8 Å². The molecule has 2 N–H and O–H groups in total. The van der Waals surface area contributed by atoms with Crippen molar-refractivity contribution in [2.45, 2.75) is 0 Å². The molecule has 2 aromatic carbocycles. The summed E-state index contributed by atoms with van der Waals surface area (Å²) in [6.07, 6.45) is 1.05. The molecule has 0 bridgehead atoms. The maximum absolute atomic E-state index is 12.5. The Hall–Kier alpha value is -3.11. The molecule has 0 saturated carbocycles. The second-order valence-corrected chi connectivity index (χ2v) is 8.62. The third kappa shape index (κ3) is 4.07. The summed E-state index contributed by atoms with van der Waals surface area (Å²) in [4.78, 5) is 16.9. The topological polar surface area (TPSA) is 107 Å². The Kier molecular flexibility index (Phi) is 4.65. The Labute approximate surface area is 165 Å². The fourth-order valence-electron chi connectivity index (χ4n) is 2.63. The van der Waals surface area contributed by atoms with Crippen molar-refractivity contribution in [3.63, 3.8) is 0 Å². The summed E-state index contributed by atoms with van der Waals surface area (Å²) in [5.74, 6) is 0.963.